The fourth-order valence-electron chi connectivity index (χ4n) is 2.84. The number of likely N-dealkylation sites (tertiary alicyclic amines) is 1. The standard InChI is InChI=1S/C13H22FNO.C2H6/c1-13(14)7-5-11(6-8-13)12(16)15-9-3-2-4-10-15;1-2/h11H,2-10H2,1H3;1-2H3. The Balaban J connectivity index is 0.000000771. The highest BCUT2D eigenvalue weighted by Gasteiger charge is 2.35. The Labute approximate surface area is 111 Å². The van der Waals surface area contributed by atoms with Crippen LogP contribution in [0.15, 0.2) is 0 Å². The first-order chi connectivity index (χ1) is 8.58. The first kappa shape index (κ1) is 15.5. The van der Waals surface area contributed by atoms with Gasteiger partial charge in [-0.3, -0.25) is 4.79 Å². The molecule has 18 heavy (non-hydrogen) atoms. The maximum atomic E-state index is 13.6. The van der Waals surface area contributed by atoms with Crippen LogP contribution >= 0.6 is 0 Å². The highest BCUT2D eigenvalue weighted by molar-refractivity contribution is 5.79. The van der Waals surface area contributed by atoms with Gasteiger partial charge >= 0.3 is 0 Å². The molecule has 0 bridgehead atoms. The van der Waals surface area contributed by atoms with Gasteiger partial charge in [0.1, 0.15) is 5.67 Å². The van der Waals surface area contributed by atoms with Gasteiger partial charge in [0.2, 0.25) is 5.91 Å². The van der Waals surface area contributed by atoms with Crippen LogP contribution in [-0.4, -0.2) is 29.6 Å². The quantitative estimate of drug-likeness (QED) is 0.696. The zero-order valence-corrected chi connectivity index (χ0v) is 12.2. The molecule has 1 aliphatic carbocycles. The molecule has 1 saturated heterocycles. The lowest BCUT2D eigenvalue weighted by Crippen LogP contribution is -2.42. The normalized spacial score (nSPS) is 32.4. The van der Waals surface area contributed by atoms with E-state index in [0.29, 0.717) is 12.8 Å². The first-order valence-electron chi connectivity index (χ1n) is 7.56. The van der Waals surface area contributed by atoms with Gasteiger partial charge in [-0.25, -0.2) is 4.39 Å². The van der Waals surface area contributed by atoms with Crippen molar-refractivity contribution in [2.75, 3.05) is 13.1 Å². The van der Waals surface area contributed by atoms with E-state index >= 15 is 0 Å². The van der Waals surface area contributed by atoms with E-state index in [1.165, 1.54) is 6.42 Å². The molecule has 0 aromatic rings. The Kier molecular flexibility index (Phi) is 6.10. The molecule has 0 radical (unpaired) electrons. The van der Waals surface area contributed by atoms with Crippen LogP contribution in [0.25, 0.3) is 0 Å². The molecular weight excluding hydrogens is 229 g/mol. The van der Waals surface area contributed by atoms with Crippen LogP contribution in [0, 0.1) is 5.92 Å². The molecule has 2 fully saturated rings. The number of carbonyl (C=O) groups excluding carboxylic acids is 1. The van der Waals surface area contributed by atoms with E-state index in [4.69, 9.17) is 0 Å². The summed E-state index contributed by atoms with van der Waals surface area (Å²) in [4.78, 5) is 14.2. The number of piperidine rings is 1. The number of carbonyl (C=O) groups is 1. The van der Waals surface area contributed by atoms with E-state index in [9.17, 15) is 9.18 Å². The second-order valence-corrected chi connectivity index (χ2v) is 5.57. The number of amides is 1. The fraction of sp³-hybridized carbons (Fsp3) is 0.933. The average molecular weight is 257 g/mol. The van der Waals surface area contributed by atoms with Crippen LogP contribution in [0.3, 0.4) is 0 Å². The number of hydrogen-bond acceptors (Lipinski definition) is 1. The first-order valence-corrected chi connectivity index (χ1v) is 7.56. The van der Waals surface area contributed by atoms with Gasteiger partial charge in [0, 0.05) is 19.0 Å². The summed E-state index contributed by atoms with van der Waals surface area (Å²) in [7, 11) is 0. The van der Waals surface area contributed by atoms with Gasteiger partial charge < -0.3 is 4.90 Å². The predicted molar refractivity (Wildman–Crippen MR) is 73.3 cm³/mol. The SMILES string of the molecule is CC.CC1(F)CCC(C(=O)N2CCCCC2)CC1. The van der Waals surface area contributed by atoms with Crippen molar-refractivity contribution in [2.45, 2.75) is 71.4 Å². The summed E-state index contributed by atoms with van der Waals surface area (Å²) in [5, 5.41) is 0. The van der Waals surface area contributed by atoms with Crippen molar-refractivity contribution in [3.63, 3.8) is 0 Å². The van der Waals surface area contributed by atoms with Crippen molar-refractivity contribution in [3.8, 4) is 0 Å². The highest BCUT2D eigenvalue weighted by atomic mass is 19.1. The second kappa shape index (κ2) is 7.10. The smallest absolute Gasteiger partial charge is 0.225 e. The minimum atomic E-state index is -1.03. The van der Waals surface area contributed by atoms with Crippen LogP contribution in [-0.2, 0) is 4.79 Å². The third kappa shape index (κ3) is 4.25. The van der Waals surface area contributed by atoms with Crippen LogP contribution in [0.1, 0.15) is 65.7 Å². The molecule has 106 valence electrons. The maximum absolute atomic E-state index is 13.6. The number of hydrogen-bond donors (Lipinski definition) is 0. The molecular formula is C15H28FNO. The zero-order chi connectivity index (χ0) is 13.6. The molecule has 0 N–H and O–H groups in total. The fourth-order valence-corrected chi connectivity index (χ4v) is 2.84. The number of nitrogens with zero attached hydrogens (tertiary/aromatic N) is 1. The molecule has 1 aliphatic heterocycles. The topological polar surface area (TPSA) is 20.3 Å². The Hall–Kier alpha value is -0.600. The molecule has 2 aliphatic rings. The molecule has 0 spiro atoms. The van der Waals surface area contributed by atoms with Gasteiger partial charge in [-0.2, -0.15) is 0 Å². The predicted octanol–water partition coefficient (Wildman–Crippen LogP) is 3.94. The zero-order valence-electron chi connectivity index (χ0n) is 12.2. The Bertz CT molecular complexity index is 249. The van der Waals surface area contributed by atoms with Crippen molar-refractivity contribution in [3.05, 3.63) is 0 Å². The summed E-state index contributed by atoms with van der Waals surface area (Å²) in [5.74, 6) is 0.386. The largest absolute Gasteiger partial charge is 0.342 e. The Morgan fingerprint density at radius 2 is 1.61 bits per heavy atom. The van der Waals surface area contributed by atoms with Crippen LogP contribution in [0.2, 0.25) is 0 Å². The Morgan fingerprint density at radius 1 is 1.11 bits per heavy atom. The maximum Gasteiger partial charge on any atom is 0.225 e. The summed E-state index contributed by atoms with van der Waals surface area (Å²) in [5.41, 5.74) is -1.03. The Morgan fingerprint density at radius 3 is 2.11 bits per heavy atom. The molecule has 0 atom stereocenters. The molecule has 0 aromatic heterocycles. The summed E-state index contributed by atoms with van der Waals surface area (Å²) in [6.45, 7) is 7.50. The lowest BCUT2D eigenvalue weighted by atomic mass is 9.80. The summed E-state index contributed by atoms with van der Waals surface area (Å²) >= 11 is 0. The third-order valence-corrected chi connectivity index (χ3v) is 4.05. The van der Waals surface area contributed by atoms with Gasteiger partial charge in [-0.15, -0.1) is 0 Å². The summed E-state index contributed by atoms with van der Waals surface area (Å²) in [6.07, 6.45) is 6.11. The molecule has 0 aromatic carbocycles. The average Bonchev–Trinajstić information content (AvgIpc) is 2.41. The van der Waals surface area contributed by atoms with Crippen molar-refractivity contribution < 1.29 is 9.18 Å². The number of rotatable bonds is 1. The van der Waals surface area contributed by atoms with E-state index in [1.54, 1.807) is 6.92 Å². The van der Waals surface area contributed by atoms with Gasteiger partial charge in [-0.1, -0.05) is 13.8 Å². The van der Waals surface area contributed by atoms with E-state index in [0.717, 1.165) is 38.8 Å². The van der Waals surface area contributed by atoms with Crippen LogP contribution in [0.4, 0.5) is 4.39 Å². The van der Waals surface area contributed by atoms with Gasteiger partial charge in [0.25, 0.3) is 0 Å². The summed E-state index contributed by atoms with van der Waals surface area (Å²) in [6, 6.07) is 0. The number of halogens is 1. The van der Waals surface area contributed by atoms with Crippen molar-refractivity contribution in [2.24, 2.45) is 5.92 Å². The molecule has 2 rings (SSSR count). The van der Waals surface area contributed by atoms with E-state index in [1.807, 2.05) is 18.7 Å². The highest BCUT2D eigenvalue weighted by Crippen LogP contribution is 2.35. The van der Waals surface area contributed by atoms with E-state index in [2.05, 4.69) is 0 Å². The number of alkyl halides is 1. The molecule has 1 heterocycles. The van der Waals surface area contributed by atoms with Gasteiger partial charge in [-0.05, 0) is 51.9 Å². The lowest BCUT2D eigenvalue weighted by Gasteiger charge is -2.35. The van der Waals surface area contributed by atoms with Crippen molar-refractivity contribution >= 4 is 5.91 Å². The van der Waals surface area contributed by atoms with Gasteiger partial charge in [0.15, 0.2) is 0 Å². The van der Waals surface area contributed by atoms with Gasteiger partial charge in [0.05, 0.1) is 0 Å². The third-order valence-electron chi connectivity index (χ3n) is 4.05. The molecule has 1 amide bonds. The second-order valence-electron chi connectivity index (χ2n) is 5.57. The summed E-state index contributed by atoms with van der Waals surface area (Å²) < 4.78 is 13.6. The van der Waals surface area contributed by atoms with Crippen LogP contribution in [0.5, 0.6) is 0 Å². The molecule has 1 saturated carbocycles. The van der Waals surface area contributed by atoms with E-state index in [-0.39, 0.29) is 11.8 Å². The van der Waals surface area contributed by atoms with Crippen LogP contribution < -0.4 is 0 Å². The molecule has 0 unspecified atom stereocenters. The van der Waals surface area contributed by atoms with Crippen molar-refractivity contribution in [1.82, 2.24) is 4.90 Å². The molecule has 3 heteroatoms. The van der Waals surface area contributed by atoms with E-state index < -0.39 is 5.67 Å². The monoisotopic (exact) mass is 257 g/mol. The lowest BCUT2D eigenvalue weighted by molar-refractivity contribution is -0.138. The minimum Gasteiger partial charge on any atom is -0.342 e. The molecule has 2 nitrogen and oxygen atoms in total. The minimum absolute atomic E-state index is 0.0990. The van der Waals surface area contributed by atoms with Crippen molar-refractivity contribution in [1.29, 1.82) is 0 Å².